The SMILES string of the molecule is COc1ccc(COc2ccc(Oc3ccc4ncc(N5CCOCC5)nc4c3C#N)cc2OC)cc1. The average molecular weight is 499 g/mol. The highest BCUT2D eigenvalue weighted by Crippen LogP contribution is 2.36. The van der Waals surface area contributed by atoms with Gasteiger partial charge < -0.3 is 28.6 Å². The van der Waals surface area contributed by atoms with E-state index >= 15 is 0 Å². The van der Waals surface area contributed by atoms with Crippen molar-refractivity contribution in [1.82, 2.24) is 9.97 Å². The Hall–Kier alpha value is -4.55. The van der Waals surface area contributed by atoms with Crippen LogP contribution in [0.2, 0.25) is 0 Å². The van der Waals surface area contributed by atoms with Gasteiger partial charge in [-0.2, -0.15) is 5.26 Å². The Morgan fingerprint density at radius 3 is 2.41 bits per heavy atom. The van der Waals surface area contributed by atoms with Crippen LogP contribution in [-0.4, -0.2) is 50.5 Å². The molecular formula is C28H26N4O5. The largest absolute Gasteiger partial charge is 0.497 e. The first-order valence-corrected chi connectivity index (χ1v) is 11.8. The summed E-state index contributed by atoms with van der Waals surface area (Å²) in [5.41, 5.74) is 2.44. The molecule has 1 aromatic heterocycles. The van der Waals surface area contributed by atoms with Gasteiger partial charge >= 0.3 is 0 Å². The van der Waals surface area contributed by atoms with Crippen LogP contribution < -0.4 is 23.8 Å². The van der Waals surface area contributed by atoms with Crippen molar-refractivity contribution >= 4 is 16.9 Å². The highest BCUT2D eigenvalue weighted by atomic mass is 16.5. The number of hydrogen-bond acceptors (Lipinski definition) is 9. The van der Waals surface area contributed by atoms with Crippen LogP contribution in [0.1, 0.15) is 11.1 Å². The van der Waals surface area contributed by atoms with E-state index < -0.39 is 0 Å². The molecule has 0 unspecified atom stereocenters. The first kappa shape index (κ1) is 24.2. The van der Waals surface area contributed by atoms with Crippen molar-refractivity contribution in [3.8, 4) is 34.8 Å². The number of aromatic nitrogens is 2. The second-order valence-electron chi connectivity index (χ2n) is 8.30. The lowest BCUT2D eigenvalue weighted by atomic mass is 10.1. The summed E-state index contributed by atoms with van der Waals surface area (Å²) in [4.78, 5) is 11.3. The number of benzene rings is 3. The van der Waals surface area contributed by atoms with E-state index in [-0.39, 0.29) is 0 Å². The standard InChI is InChI=1S/C28H26N4O5/c1-33-20-5-3-19(4-6-20)18-36-25-9-7-21(15-26(25)34-2)37-24-10-8-23-28(22(24)16-29)31-27(17-30-23)32-11-13-35-14-12-32/h3-10,15,17H,11-14,18H2,1-2H3. The summed E-state index contributed by atoms with van der Waals surface area (Å²) in [5, 5.41) is 9.97. The number of nitriles is 1. The number of rotatable bonds is 8. The molecule has 1 aliphatic heterocycles. The van der Waals surface area contributed by atoms with Crippen LogP contribution in [0.15, 0.2) is 60.8 Å². The second kappa shape index (κ2) is 11.0. The van der Waals surface area contributed by atoms with Crippen LogP contribution in [0.4, 0.5) is 5.82 Å². The summed E-state index contributed by atoms with van der Waals surface area (Å²) in [7, 11) is 3.20. The highest BCUT2D eigenvalue weighted by molar-refractivity contribution is 5.84. The number of ether oxygens (including phenoxy) is 5. The number of nitrogens with zero attached hydrogens (tertiary/aromatic N) is 4. The summed E-state index contributed by atoms with van der Waals surface area (Å²) in [5.74, 6) is 3.48. The van der Waals surface area contributed by atoms with Gasteiger partial charge in [-0.1, -0.05) is 12.1 Å². The maximum absolute atomic E-state index is 9.97. The molecule has 0 atom stereocenters. The molecule has 0 radical (unpaired) electrons. The Morgan fingerprint density at radius 1 is 0.919 bits per heavy atom. The van der Waals surface area contributed by atoms with Crippen molar-refractivity contribution in [3.05, 3.63) is 71.9 Å². The molecule has 0 bridgehead atoms. The topological polar surface area (TPSA) is 99.0 Å². The van der Waals surface area contributed by atoms with Gasteiger partial charge in [-0.05, 0) is 42.0 Å². The zero-order valence-electron chi connectivity index (χ0n) is 20.6. The minimum Gasteiger partial charge on any atom is -0.497 e. The maximum Gasteiger partial charge on any atom is 0.164 e. The fourth-order valence-corrected chi connectivity index (χ4v) is 4.03. The van der Waals surface area contributed by atoms with Crippen molar-refractivity contribution in [2.45, 2.75) is 6.61 Å². The van der Waals surface area contributed by atoms with E-state index in [2.05, 4.69) is 16.0 Å². The second-order valence-corrected chi connectivity index (χ2v) is 8.30. The predicted octanol–water partition coefficient (Wildman–Crippen LogP) is 4.73. The van der Waals surface area contributed by atoms with Crippen molar-refractivity contribution < 1.29 is 23.7 Å². The molecule has 2 heterocycles. The molecule has 0 aliphatic carbocycles. The summed E-state index contributed by atoms with van der Waals surface area (Å²) < 4.78 is 28.2. The van der Waals surface area contributed by atoms with E-state index in [0.717, 1.165) is 24.4 Å². The molecule has 4 aromatic rings. The summed E-state index contributed by atoms with van der Waals surface area (Å²) in [6, 6.07) is 18.7. The number of morpholine rings is 1. The molecular weight excluding hydrogens is 472 g/mol. The van der Waals surface area contributed by atoms with Gasteiger partial charge in [-0.15, -0.1) is 0 Å². The maximum atomic E-state index is 9.97. The molecule has 188 valence electrons. The molecule has 9 heteroatoms. The third kappa shape index (κ3) is 5.34. The van der Waals surface area contributed by atoms with Gasteiger partial charge in [0.05, 0.1) is 39.1 Å². The minimum atomic E-state index is 0.318. The van der Waals surface area contributed by atoms with Crippen LogP contribution in [0.5, 0.6) is 28.7 Å². The average Bonchev–Trinajstić information content (AvgIpc) is 2.96. The van der Waals surface area contributed by atoms with Gasteiger partial charge in [0, 0.05) is 19.2 Å². The zero-order valence-corrected chi connectivity index (χ0v) is 20.6. The van der Waals surface area contributed by atoms with Crippen LogP contribution in [-0.2, 0) is 11.3 Å². The van der Waals surface area contributed by atoms with E-state index in [9.17, 15) is 5.26 Å². The Morgan fingerprint density at radius 2 is 1.68 bits per heavy atom. The molecule has 9 nitrogen and oxygen atoms in total. The van der Waals surface area contributed by atoms with E-state index in [0.29, 0.717) is 65.2 Å². The quantitative estimate of drug-likeness (QED) is 0.341. The first-order chi connectivity index (χ1) is 18.2. The third-order valence-electron chi connectivity index (χ3n) is 6.03. The molecule has 0 saturated carbocycles. The van der Waals surface area contributed by atoms with E-state index in [1.807, 2.05) is 24.3 Å². The normalized spacial score (nSPS) is 13.2. The Bertz CT molecular complexity index is 1430. The lowest BCUT2D eigenvalue weighted by molar-refractivity contribution is 0.122. The fourth-order valence-electron chi connectivity index (χ4n) is 4.03. The molecule has 1 saturated heterocycles. The molecule has 0 amide bonds. The number of methoxy groups -OCH3 is 2. The number of anilines is 1. The molecule has 1 aliphatic rings. The van der Waals surface area contributed by atoms with Crippen molar-refractivity contribution in [2.75, 3.05) is 45.4 Å². The molecule has 0 spiro atoms. The van der Waals surface area contributed by atoms with Gasteiger partial charge in [0.2, 0.25) is 0 Å². The summed E-state index contributed by atoms with van der Waals surface area (Å²) in [6.45, 7) is 3.09. The van der Waals surface area contributed by atoms with Gasteiger partial charge in [0.15, 0.2) is 11.5 Å². The lowest BCUT2D eigenvalue weighted by Gasteiger charge is -2.27. The fraction of sp³-hybridized carbons (Fsp3) is 0.250. The Balaban J connectivity index is 1.37. The monoisotopic (exact) mass is 498 g/mol. The van der Waals surface area contributed by atoms with Crippen LogP contribution in [0.25, 0.3) is 11.0 Å². The molecule has 0 N–H and O–H groups in total. The van der Waals surface area contributed by atoms with Crippen molar-refractivity contribution in [3.63, 3.8) is 0 Å². The van der Waals surface area contributed by atoms with Crippen molar-refractivity contribution in [2.24, 2.45) is 0 Å². The predicted molar refractivity (Wildman–Crippen MR) is 138 cm³/mol. The molecule has 5 rings (SSSR count). The van der Waals surface area contributed by atoms with E-state index in [1.54, 1.807) is 50.7 Å². The Kier molecular flexibility index (Phi) is 7.19. The van der Waals surface area contributed by atoms with Crippen LogP contribution >= 0.6 is 0 Å². The van der Waals surface area contributed by atoms with E-state index in [4.69, 9.17) is 28.7 Å². The summed E-state index contributed by atoms with van der Waals surface area (Å²) in [6.07, 6.45) is 1.73. The van der Waals surface area contributed by atoms with Gasteiger partial charge in [-0.3, -0.25) is 4.98 Å². The number of fused-ring (bicyclic) bond motifs is 1. The van der Waals surface area contributed by atoms with Crippen molar-refractivity contribution in [1.29, 1.82) is 5.26 Å². The minimum absolute atomic E-state index is 0.318. The van der Waals surface area contributed by atoms with Crippen LogP contribution in [0, 0.1) is 11.3 Å². The first-order valence-electron chi connectivity index (χ1n) is 11.8. The van der Waals surface area contributed by atoms with Gasteiger partial charge in [0.1, 0.15) is 46.8 Å². The smallest absolute Gasteiger partial charge is 0.164 e. The van der Waals surface area contributed by atoms with E-state index in [1.165, 1.54) is 0 Å². The lowest BCUT2D eigenvalue weighted by Crippen LogP contribution is -2.36. The molecule has 1 fully saturated rings. The molecule has 3 aromatic carbocycles. The summed E-state index contributed by atoms with van der Waals surface area (Å²) >= 11 is 0. The van der Waals surface area contributed by atoms with Crippen LogP contribution in [0.3, 0.4) is 0 Å². The third-order valence-corrected chi connectivity index (χ3v) is 6.03. The van der Waals surface area contributed by atoms with Gasteiger partial charge in [-0.25, -0.2) is 4.98 Å². The molecule has 37 heavy (non-hydrogen) atoms. The Labute approximate surface area is 214 Å². The number of hydrogen-bond donors (Lipinski definition) is 0. The zero-order chi connectivity index (χ0) is 25.6. The van der Waals surface area contributed by atoms with Gasteiger partial charge in [0.25, 0.3) is 0 Å². The highest BCUT2D eigenvalue weighted by Gasteiger charge is 2.17.